The van der Waals surface area contributed by atoms with Gasteiger partial charge in [-0.2, -0.15) is 5.10 Å². The van der Waals surface area contributed by atoms with Crippen molar-refractivity contribution in [3.63, 3.8) is 0 Å². The van der Waals surface area contributed by atoms with Crippen LogP contribution >= 0.6 is 0 Å². The molecule has 2 amide bonds. The molecule has 7 heteroatoms. The molecule has 1 N–H and O–H groups in total. The number of aromatic nitrogens is 2. The smallest absolute Gasteiger partial charge is 0.246 e. The average molecular weight is 348 g/mol. The Bertz CT molecular complexity index is 666. The summed E-state index contributed by atoms with van der Waals surface area (Å²) in [5.41, 5.74) is 3.10. The predicted octanol–water partition coefficient (Wildman–Crippen LogP) is 1.10. The van der Waals surface area contributed by atoms with Crippen LogP contribution in [0.2, 0.25) is 0 Å². The maximum Gasteiger partial charge on any atom is 0.246 e. The molecule has 0 radical (unpaired) electrons. The molecule has 1 saturated heterocycles. The molecule has 25 heavy (non-hydrogen) atoms. The number of hydrogen-bond acceptors (Lipinski definition) is 4. The van der Waals surface area contributed by atoms with Gasteiger partial charge in [0.15, 0.2) is 0 Å². The highest BCUT2D eigenvalue weighted by molar-refractivity contribution is 5.80. The lowest BCUT2D eigenvalue weighted by Gasteiger charge is -2.26. The second-order valence-electron chi connectivity index (χ2n) is 7.38. The van der Waals surface area contributed by atoms with Crippen LogP contribution in [0.4, 0.5) is 0 Å². The summed E-state index contributed by atoms with van der Waals surface area (Å²) in [5, 5.41) is 7.41. The first-order chi connectivity index (χ1) is 11.9. The van der Waals surface area contributed by atoms with E-state index in [2.05, 4.69) is 10.4 Å². The highest BCUT2D eigenvalue weighted by Gasteiger charge is 2.41. The molecule has 1 aromatic heterocycles. The van der Waals surface area contributed by atoms with Crippen LogP contribution in [-0.4, -0.2) is 53.3 Å². The summed E-state index contributed by atoms with van der Waals surface area (Å²) in [5.74, 6) is 0.694. The Morgan fingerprint density at radius 1 is 1.32 bits per heavy atom. The maximum absolute atomic E-state index is 12.3. The van der Waals surface area contributed by atoms with Crippen LogP contribution in [0.5, 0.6) is 0 Å². The van der Waals surface area contributed by atoms with Gasteiger partial charge >= 0.3 is 0 Å². The van der Waals surface area contributed by atoms with Crippen LogP contribution in [0.15, 0.2) is 0 Å². The van der Waals surface area contributed by atoms with E-state index in [4.69, 9.17) is 4.74 Å². The number of carbonyl (C=O) groups is 2. The van der Waals surface area contributed by atoms with Gasteiger partial charge in [0.05, 0.1) is 18.3 Å². The van der Waals surface area contributed by atoms with Crippen molar-refractivity contribution in [2.45, 2.75) is 39.2 Å². The van der Waals surface area contributed by atoms with Gasteiger partial charge in [-0.15, -0.1) is 0 Å². The lowest BCUT2D eigenvalue weighted by Crippen LogP contribution is -2.35. The molecule has 2 fully saturated rings. The Balaban J connectivity index is 1.62. The third-order valence-electron chi connectivity index (χ3n) is 5.40. The summed E-state index contributed by atoms with van der Waals surface area (Å²) in [7, 11) is 3.75. The molecule has 0 unspecified atom stereocenters. The Kier molecular flexibility index (Phi) is 5.13. The minimum Gasteiger partial charge on any atom is -0.371 e. The number of rotatable bonds is 7. The van der Waals surface area contributed by atoms with Crippen molar-refractivity contribution in [3.8, 4) is 0 Å². The first-order valence-electron chi connectivity index (χ1n) is 8.98. The van der Waals surface area contributed by atoms with E-state index in [-0.39, 0.29) is 30.4 Å². The molecule has 1 aromatic rings. The first-order valence-corrected chi connectivity index (χ1v) is 8.98. The van der Waals surface area contributed by atoms with Crippen LogP contribution in [0.1, 0.15) is 42.3 Å². The van der Waals surface area contributed by atoms with E-state index in [1.807, 2.05) is 32.6 Å². The number of nitrogens with one attached hydrogen (secondary N) is 1. The van der Waals surface area contributed by atoms with E-state index in [1.54, 1.807) is 4.90 Å². The summed E-state index contributed by atoms with van der Waals surface area (Å²) >= 11 is 0. The molecule has 7 nitrogen and oxygen atoms in total. The highest BCUT2D eigenvalue weighted by atomic mass is 16.5. The number of likely N-dealkylation sites (tertiary alicyclic amines) is 1. The molecule has 0 spiro atoms. The van der Waals surface area contributed by atoms with Gasteiger partial charge in [-0.05, 0) is 32.6 Å². The van der Waals surface area contributed by atoms with Gasteiger partial charge in [0.2, 0.25) is 11.8 Å². The van der Waals surface area contributed by atoms with Gasteiger partial charge in [-0.3, -0.25) is 14.3 Å². The fourth-order valence-corrected chi connectivity index (χ4v) is 3.68. The van der Waals surface area contributed by atoms with E-state index in [1.165, 1.54) is 12.8 Å². The van der Waals surface area contributed by atoms with Crippen molar-refractivity contribution < 1.29 is 14.3 Å². The van der Waals surface area contributed by atoms with E-state index in [0.29, 0.717) is 25.5 Å². The van der Waals surface area contributed by atoms with E-state index < -0.39 is 0 Å². The minimum atomic E-state index is -0.110. The summed E-state index contributed by atoms with van der Waals surface area (Å²) in [4.78, 5) is 26.0. The van der Waals surface area contributed by atoms with E-state index in [9.17, 15) is 9.59 Å². The van der Waals surface area contributed by atoms with Crippen LogP contribution in [0.3, 0.4) is 0 Å². The number of carbonyl (C=O) groups excluding carboxylic acids is 2. The minimum absolute atomic E-state index is 0.0473. The first kappa shape index (κ1) is 17.9. The molecule has 138 valence electrons. The standard InChI is InChI=1S/C18H28N4O3/c1-11-17(12(2)22(4)20-11)18-14(7-16(24)21(18)3)8-19-15(23)10-25-9-13-5-6-13/h13-14,18H,5-10H2,1-4H3,(H,19,23)/t14-,18+/m0/s1. The molecule has 1 aliphatic carbocycles. The summed E-state index contributed by atoms with van der Waals surface area (Å²) in [6, 6.07) is -0.0473. The lowest BCUT2D eigenvalue weighted by atomic mass is 9.92. The number of aryl methyl sites for hydroxylation is 2. The van der Waals surface area contributed by atoms with Gasteiger partial charge in [-0.25, -0.2) is 0 Å². The van der Waals surface area contributed by atoms with Crippen molar-refractivity contribution in [2.24, 2.45) is 18.9 Å². The van der Waals surface area contributed by atoms with Gasteiger partial charge < -0.3 is 15.0 Å². The number of amides is 2. The van der Waals surface area contributed by atoms with Gasteiger partial charge in [0.25, 0.3) is 0 Å². The quantitative estimate of drug-likeness (QED) is 0.800. The Morgan fingerprint density at radius 3 is 2.64 bits per heavy atom. The molecule has 1 saturated carbocycles. The molecule has 0 bridgehead atoms. The summed E-state index contributed by atoms with van der Waals surface area (Å²) in [6.45, 7) is 5.24. The molecule has 0 aromatic carbocycles. The van der Waals surface area contributed by atoms with Crippen molar-refractivity contribution in [3.05, 3.63) is 17.0 Å². The molecular weight excluding hydrogens is 320 g/mol. The number of ether oxygens (including phenoxy) is 1. The van der Waals surface area contributed by atoms with E-state index in [0.717, 1.165) is 17.0 Å². The summed E-state index contributed by atoms with van der Waals surface area (Å²) in [6.07, 6.45) is 2.87. The van der Waals surface area contributed by atoms with Crippen molar-refractivity contribution >= 4 is 11.8 Å². The predicted molar refractivity (Wildman–Crippen MR) is 92.9 cm³/mol. The van der Waals surface area contributed by atoms with Crippen molar-refractivity contribution in [2.75, 3.05) is 26.8 Å². The second-order valence-corrected chi connectivity index (χ2v) is 7.38. The Labute approximate surface area is 148 Å². The van der Waals surface area contributed by atoms with Crippen molar-refractivity contribution in [1.29, 1.82) is 0 Å². The maximum atomic E-state index is 12.3. The van der Waals surface area contributed by atoms with Gasteiger partial charge in [0.1, 0.15) is 6.61 Å². The molecule has 2 heterocycles. The second kappa shape index (κ2) is 7.15. The fraction of sp³-hybridized carbons (Fsp3) is 0.722. The molecule has 1 aliphatic heterocycles. The molecule has 2 aliphatic rings. The van der Waals surface area contributed by atoms with E-state index >= 15 is 0 Å². The normalized spacial score (nSPS) is 23.4. The van der Waals surface area contributed by atoms with Crippen LogP contribution < -0.4 is 5.32 Å². The van der Waals surface area contributed by atoms with Crippen LogP contribution in [-0.2, 0) is 21.4 Å². The number of hydrogen-bond donors (Lipinski definition) is 1. The molecule has 2 atom stereocenters. The van der Waals surface area contributed by atoms with Crippen LogP contribution in [0, 0.1) is 25.7 Å². The largest absolute Gasteiger partial charge is 0.371 e. The molecule has 3 rings (SSSR count). The third-order valence-corrected chi connectivity index (χ3v) is 5.40. The topological polar surface area (TPSA) is 76.5 Å². The zero-order chi connectivity index (χ0) is 18.1. The Morgan fingerprint density at radius 2 is 2.04 bits per heavy atom. The van der Waals surface area contributed by atoms with Gasteiger partial charge in [0, 0.05) is 44.2 Å². The van der Waals surface area contributed by atoms with Crippen molar-refractivity contribution in [1.82, 2.24) is 20.0 Å². The molecular formula is C18H28N4O3. The summed E-state index contributed by atoms with van der Waals surface area (Å²) < 4.78 is 7.28. The van der Waals surface area contributed by atoms with Gasteiger partial charge in [-0.1, -0.05) is 0 Å². The number of nitrogens with zero attached hydrogens (tertiary/aromatic N) is 3. The SMILES string of the molecule is Cc1nn(C)c(C)c1[C@H]1[C@H](CNC(=O)COCC2CC2)CC(=O)N1C. The Hall–Kier alpha value is -1.89. The highest BCUT2D eigenvalue weighted by Crippen LogP contribution is 2.39. The zero-order valence-electron chi connectivity index (χ0n) is 15.5. The average Bonchev–Trinajstić information content (AvgIpc) is 3.29. The third kappa shape index (κ3) is 3.86. The fourth-order valence-electron chi connectivity index (χ4n) is 3.68. The zero-order valence-corrected chi connectivity index (χ0v) is 15.5. The monoisotopic (exact) mass is 348 g/mol. The van der Waals surface area contributed by atoms with Crippen LogP contribution in [0.25, 0.3) is 0 Å². The lowest BCUT2D eigenvalue weighted by molar-refractivity contribution is -0.128.